The highest BCUT2D eigenvalue weighted by Crippen LogP contribution is 2.16. The van der Waals surface area contributed by atoms with Crippen LogP contribution in [0.25, 0.3) is 0 Å². The van der Waals surface area contributed by atoms with Crippen molar-refractivity contribution in [3.05, 3.63) is 48.0 Å². The third-order valence-electron chi connectivity index (χ3n) is 4.24. The maximum Gasteiger partial charge on any atom is 0.234 e. The molecule has 2 aromatic rings. The molecule has 0 bridgehead atoms. The van der Waals surface area contributed by atoms with Crippen LogP contribution in [0.2, 0.25) is 0 Å². The van der Waals surface area contributed by atoms with Gasteiger partial charge in [0.1, 0.15) is 11.6 Å². The number of furan rings is 1. The van der Waals surface area contributed by atoms with Gasteiger partial charge >= 0.3 is 0 Å². The van der Waals surface area contributed by atoms with Gasteiger partial charge in [-0.2, -0.15) is 0 Å². The van der Waals surface area contributed by atoms with E-state index in [-0.39, 0.29) is 5.91 Å². The molecule has 1 fully saturated rings. The van der Waals surface area contributed by atoms with Crippen LogP contribution in [-0.4, -0.2) is 42.0 Å². The molecule has 0 spiro atoms. The molecule has 1 atom stereocenters. The van der Waals surface area contributed by atoms with Gasteiger partial charge in [-0.1, -0.05) is 6.07 Å². The number of aryl methyl sites for hydroxylation is 1. The Balaban J connectivity index is 1.36. The summed E-state index contributed by atoms with van der Waals surface area (Å²) in [5, 5.41) is 6.29. The number of carbonyl (C=O) groups is 1. The summed E-state index contributed by atoms with van der Waals surface area (Å²) >= 11 is 0. The number of amides is 1. The molecule has 1 aliphatic heterocycles. The van der Waals surface area contributed by atoms with Gasteiger partial charge in [0.2, 0.25) is 5.91 Å². The summed E-state index contributed by atoms with van der Waals surface area (Å²) in [6.45, 7) is 5.67. The lowest BCUT2D eigenvalue weighted by atomic mass is 10.1. The molecule has 1 amide bonds. The van der Waals surface area contributed by atoms with E-state index in [4.69, 9.17) is 4.42 Å². The van der Waals surface area contributed by atoms with E-state index in [2.05, 4.69) is 20.5 Å². The summed E-state index contributed by atoms with van der Waals surface area (Å²) in [5.74, 6) is 2.28. The lowest BCUT2D eigenvalue weighted by molar-refractivity contribution is -0.122. The predicted molar refractivity (Wildman–Crippen MR) is 92.6 cm³/mol. The summed E-state index contributed by atoms with van der Waals surface area (Å²) < 4.78 is 5.21. The average Bonchev–Trinajstić information content (AvgIpc) is 3.23. The average molecular weight is 328 g/mol. The Hall–Kier alpha value is -2.34. The quantitative estimate of drug-likeness (QED) is 0.814. The predicted octanol–water partition coefficient (Wildman–Crippen LogP) is 2.03. The molecule has 2 N–H and O–H groups in total. The van der Waals surface area contributed by atoms with Gasteiger partial charge in [-0.3, -0.25) is 9.69 Å². The van der Waals surface area contributed by atoms with Crippen molar-refractivity contribution < 1.29 is 9.21 Å². The Labute approximate surface area is 142 Å². The number of carbonyl (C=O) groups excluding carboxylic acids is 1. The molecule has 0 saturated carbocycles. The number of nitrogens with one attached hydrogen (secondary N) is 2. The van der Waals surface area contributed by atoms with E-state index in [1.807, 2.05) is 37.3 Å². The second kappa shape index (κ2) is 7.97. The van der Waals surface area contributed by atoms with Crippen molar-refractivity contribution in [3.63, 3.8) is 0 Å². The standard InChI is InChI=1S/C18H24N4O2/c1-14-4-2-6-17(21-14)19-10-15-7-8-22(12-15)13-18(23)20-11-16-5-3-9-24-16/h2-6,9,15H,7-8,10-13H2,1H3,(H,19,21)(H,20,23)/t15-/m0/s1. The SMILES string of the molecule is Cc1cccc(NC[C@@H]2CCN(CC(=O)NCc3ccco3)C2)n1. The third-order valence-corrected chi connectivity index (χ3v) is 4.24. The fraction of sp³-hybridized carbons (Fsp3) is 0.444. The van der Waals surface area contributed by atoms with E-state index in [9.17, 15) is 4.79 Å². The number of nitrogens with zero attached hydrogens (tertiary/aromatic N) is 2. The highest BCUT2D eigenvalue weighted by Gasteiger charge is 2.23. The monoisotopic (exact) mass is 328 g/mol. The molecule has 0 aliphatic carbocycles. The van der Waals surface area contributed by atoms with Gasteiger partial charge in [0.05, 0.1) is 19.4 Å². The van der Waals surface area contributed by atoms with E-state index in [1.165, 1.54) is 0 Å². The van der Waals surface area contributed by atoms with Crippen LogP contribution in [0.5, 0.6) is 0 Å². The number of pyridine rings is 1. The molecular formula is C18H24N4O2. The Morgan fingerprint density at radius 3 is 3.08 bits per heavy atom. The molecule has 0 unspecified atom stereocenters. The largest absolute Gasteiger partial charge is 0.467 e. The summed E-state index contributed by atoms with van der Waals surface area (Å²) in [6.07, 6.45) is 2.72. The minimum absolute atomic E-state index is 0.0420. The molecular weight excluding hydrogens is 304 g/mol. The molecule has 0 aromatic carbocycles. The molecule has 3 rings (SSSR count). The van der Waals surface area contributed by atoms with E-state index in [1.54, 1.807) is 6.26 Å². The normalized spacial score (nSPS) is 17.8. The van der Waals surface area contributed by atoms with Gasteiger partial charge in [0, 0.05) is 18.8 Å². The molecule has 6 nitrogen and oxygen atoms in total. The summed E-state index contributed by atoms with van der Waals surface area (Å²) in [4.78, 5) is 18.7. The first-order valence-electron chi connectivity index (χ1n) is 8.38. The third kappa shape index (κ3) is 4.83. The fourth-order valence-electron chi connectivity index (χ4n) is 2.97. The molecule has 2 aromatic heterocycles. The highest BCUT2D eigenvalue weighted by atomic mass is 16.3. The van der Waals surface area contributed by atoms with Crippen LogP contribution in [0, 0.1) is 12.8 Å². The minimum atomic E-state index is 0.0420. The van der Waals surface area contributed by atoms with Gasteiger partial charge in [0.25, 0.3) is 0 Å². The van der Waals surface area contributed by atoms with Crippen molar-refractivity contribution in [3.8, 4) is 0 Å². The second-order valence-electron chi connectivity index (χ2n) is 6.29. The van der Waals surface area contributed by atoms with Crippen molar-refractivity contribution in [2.45, 2.75) is 19.9 Å². The number of hydrogen-bond acceptors (Lipinski definition) is 5. The fourth-order valence-corrected chi connectivity index (χ4v) is 2.97. The lowest BCUT2D eigenvalue weighted by Crippen LogP contribution is -2.36. The van der Waals surface area contributed by atoms with Crippen molar-refractivity contribution >= 4 is 11.7 Å². The number of hydrogen-bond donors (Lipinski definition) is 2. The zero-order chi connectivity index (χ0) is 16.8. The summed E-state index contributed by atoms with van der Waals surface area (Å²) in [7, 11) is 0. The van der Waals surface area contributed by atoms with Gasteiger partial charge in [-0.25, -0.2) is 4.98 Å². The molecule has 0 radical (unpaired) electrons. The topological polar surface area (TPSA) is 70.4 Å². The van der Waals surface area contributed by atoms with Crippen molar-refractivity contribution in [1.29, 1.82) is 0 Å². The number of likely N-dealkylation sites (tertiary alicyclic amines) is 1. The van der Waals surface area contributed by atoms with Crippen LogP contribution >= 0.6 is 0 Å². The smallest absolute Gasteiger partial charge is 0.234 e. The van der Waals surface area contributed by atoms with E-state index in [0.717, 1.165) is 43.3 Å². The van der Waals surface area contributed by atoms with Gasteiger partial charge in [-0.15, -0.1) is 0 Å². The number of rotatable bonds is 7. The maximum absolute atomic E-state index is 12.0. The first-order valence-corrected chi connectivity index (χ1v) is 8.38. The summed E-state index contributed by atoms with van der Waals surface area (Å²) in [5.41, 5.74) is 1.02. The Morgan fingerprint density at radius 1 is 1.38 bits per heavy atom. The van der Waals surface area contributed by atoms with Crippen LogP contribution in [0.3, 0.4) is 0 Å². The Bertz CT molecular complexity index is 657. The molecule has 24 heavy (non-hydrogen) atoms. The zero-order valence-corrected chi connectivity index (χ0v) is 14.0. The van der Waals surface area contributed by atoms with Crippen molar-refractivity contribution in [2.24, 2.45) is 5.92 Å². The zero-order valence-electron chi connectivity index (χ0n) is 14.0. The molecule has 1 saturated heterocycles. The van der Waals surface area contributed by atoms with Crippen LogP contribution < -0.4 is 10.6 Å². The maximum atomic E-state index is 12.0. The molecule has 3 heterocycles. The second-order valence-corrected chi connectivity index (χ2v) is 6.29. The molecule has 1 aliphatic rings. The lowest BCUT2D eigenvalue weighted by Gasteiger charge is -2.16. The van der Waals surface area contributed by atoms with Crippen molar-refractivity contribution in [2.75, 3.05) is 31.5 Å². The van der Waals surface area contributed by atoms with Gasteiger partial charge in [-0.05, 0) is 50.1 Å². The van der Waals surface area contributed by atoms with E-state index in [0.29, 0.717) is 19.0 Å². The molecule has 6 heteroatoms. The van der Waals surface area contributed by atoms with E-state index >= 15 is 0 Å². The van der Waals surface area contributed by atoms with Gasteiger partial charge in [0.15, 0.2) is 0 Å². The Morgan fingerprint density at radius 2 is 2.29 bits per heavy atom. The first kappa shape index (κ1) is 16.5. The number of aromatic nitrogens is 1. The Kier molecular flexibility index (Phi) is 5.48. The van der Waals surface area contributed by atoms with E-state index < -0.39 is 0 Å². The first-order chi connectivity index (χ1) is 11.7. The summed E-state index contributed by atoms with van der Waals surface area (Å²) in [6, 6.07) is 9.67. The minimum Gasteiger partial charge on any atom is -0.467 e. The van der Waals surface area contributed by atoms with Crippen LogP contribution in [0.15, 0.2) is 41.0 Å². The van der Waals surface area contributed by atoms with Crippen LogP contribution in [0.1, 0.15) is 17.9 Å². The highest BCUT2D eigenvalue weighted by molar-refractivity contribution is 5.77. The number of anilines is 1. The van der Waals surface area contributed by atoms with Crippen molar-refractivity contribution in [1.82, 2.24) is 15.2 Å². The van der Waals surface area contributed by atoms with Crippen LogP contribution in [0.4, 0.5) is 5.82 Å². The van der Waals surface area contributed by atoms with Crippen LogP contribution in [-0.2, 0) is 11.3 Å². The molecule has 128 valence electrons. The van der Waals surface area contributed by atoms with Gasteiger partial charge < -0.3 is 15.1 Å².